The molecule has 0 unspecified atom stereocenters. The van der Waals surface area contributed by atoms with Crippen molar-refractivity contribution in [3.63, 3.8) is 0 Å². The molecule has 0 N–H and O–H groups in total. The maximum Gasteiger partial charge on any atom is 0.244 e. The smallest absolute Gasteiger partial charge is 0.244 e. The fraction of sp³-hybridized carbons (Fsp3) is 0.231. The molecule has 0 fully saturated rings. The van der Waals surface area contributed by atoms with Crippen molar-refractivity contribution in [2.75, 3.05) is 20.5 Å². The lowest BCUT2D eigenvalue weighted by atomic mass is 10.1. The number of methoxy groups -OCH3 is 2. The highest BCUT2D eigenvalue weighted by atomic mass is 32.2. The van der Waals surface area contributed by atoms with Gasteiger partial charge in [-0.15, -0.1) is 11.8 Å². The van der Waals surface area contributed by atoms with Gasteiger partial charge in [-0.05, 0) is 30.2 Å². The van der Waals surface area contributed by atoms with E-state index in [4.69, 9.17) is 9.47 Å². The van der Waals surface area contributed by atoms with Gasteiger partial charge in [-0.2, -0.15) is 0 Å². The Labute approximate surface area is 120 Å². The number of carbonyl (C=O) groups excluding carboxylic acids is 1. The van der Waals surface area contributed by atoms with E-state index in [2.05, 4.69) is 4.99 Å². The van der Waals surface area contributed by atoms with Gasteiger partial charge in [-0.1, -0.05) is 12.1 Å². The van der Waals surface area contributed by atoms with E-state index in [1.165, 1.54) is 11.8 Å². The van der Waals surface area contributed by atoms with Crippen molar-refractivity contribution in [2.24, 2.45) is 4.99 Å². The zero-order valence-electron chi connectivity index (χ0n) is 10.8. The summed E-state index contributed by atoms with van der Waals surface area (Å²) < 4.78 is 11.3. The summed E-state index contributed by atoms with van der Waals surface area (Å²) in [6, 6.07) is 5.51. The molecule has 0 aromatic heterocycles. The molecule has 0 amide bonds. The Bertz CT molecular complexity index is 567. The Morgan fingerprint density at radius 2 is 2.11 bits per heavy atom. The van der Waals surface area contributed by atoms with Crippen LogP contribution >= 0.6 is 23.5 Å². The molecule has 0 bridgehead atoms. The van der Waals surface area contributed by atoms with Gasteiger partial charge in [0.1, 0.15) is 10.1 Å². The zero-order chi connectivity index (χ0) is 13.8. The minimum Gasteiger partial charge on any atom is -0.493 e. The maximum atomic E-state index is 11.8. The highest BCUT2D eigenvalue weighted by Gasteiger charge is 2.22. The molecule has 1 aromatic carbocycles. The van der Waals surface area contributed by atoms with Crippen LogP contribution in [0.2, 0.25) is 0 Å². The Morgan fingerprint density at radius 3 is 2.68 bits per heavy atom. The second-order valence-corrected chi connectivity index (χ2v) is 5.60. The lowest BCUT2D eigenvalue weighted by molar-refractivity contribution is -0.107. The number of benzene rings is 1. The number of thioether (sulfide) groups is 2. The van der Waals surface area contributed by atoms with Gasteiger partial charge in [0.2, 0.25) is 5.12 Å². The molecule has 4 nitrogen and oxygen atoms in total. The number of rotatable bonds is 3. The van der Waals surface area contributed by atoms with Gasteiger partial charge in [0.15, 0.2) is 11.5 Å². The summed E-state index contributed by atoms with van der Waals surface area (Å²) in [5.74, 6) is 1.23. The van der Waals surface area contributed by atoms with Crippen LogP contribution in [0.1, 0.15) is 5.56 Å². The third-order valence-electron chi connectivity index (χ3n) is 2.50. The molecule has 0 atom stereocenters. The van der Waals surface area contributed by atoms with Crippen LogP contribution in [0, 0.1) is 0 Å². The fourth-order valence-corrected chi connectivity index (χ4v) is 2.91. The van der Waals surface area contributed by atoms with E-state index in [0.717, 1.165) is 21.7 Å². The average molecular weight is 295 g/mol. The van der Waals surface area contributed by atoms with E-state index in [-0.39, 0.29) is 5.12 Å². The first-order valence-electron chi connectivity index (χ1n) is 5.47. The van der Waals surface area contributed by atoms with Crippen molar-refractivity contribution in [1.29, 1.82) is 0 Å². The van der Waals surface area contributed by atoms with Gasteiger partial charge in [0, 0.05) is 5.56 Å². The molecule has 100 valence electrons. The second kappa shape index (κ2) is 6.16. The Hall–Kier alpha value is -1.40. The summed E-state index contributed by atoms with van der Waals surface area (Å²) in [7, 11) is 3.15. The van der Waals surface area contributed by atoms with Crippen molar-refractivity contribution in [2.45, 2.75) is 0 Å². The van der Waals surface area contributed by atoms with Gasteiger partial charge in [-0.25, -0.2) is 4.99 Å². The summed E-state index contributed by atoms with van der Waals surface area (Å²) in [5, 5.41) is -0.0470. The summed E-state index contributed by atoms with van der Waals surface area (Å²) >= 11 is 2.61. The second-order valence-electron chi connectivity index (χ2n) is 3.58. The maximum absolute atomic E-state index is 11.8. The van der Waals surface area contributed by atoms with Crippen LogP contribution in [0.4, 0.5) is 0 Å². The number of carbonyl (C=O) groups is 1. The first-order chi connectivity index (χ1) is 9.19. The highest BCUT2D eigenvalue weighted by molar-refractivity contribution is 8.45. The predicted molar refractivity (Wildman–Crippen MR) is 81.1 cm³/mol. The van der Waals surface area contributed by atoms with Crippen LogP contribution in [-0.2, 0) is 4.79 Å². The zero-order valence-corrected chi connectivity index (χ0v) is 12.4. The van der Waals surface area contributed by atoms with Gasteiger partial charge in [0.25, 0.3) is 0 Å². The van der Waals surface area contributed by atoms with E-state index >= 15 is 0 Å². The van der Waals surface area contributed by atoms with Crippen molar-refractivity contribution >= 4 is 39.1 Å². The van der Waals surface area contributed by atoms with Gasteiger partial charge in [-0.3, -0.25) is 4.79 Å². The minimum absolute atomic E-state index is 0.0470. The first-order valence-corrected chi connectivity index (χ1v) is 7.51. The normalized spacial score (nSPS) is 16.7. The molecule has 0 saturated heterocycles. The third kappa shape index (κ3) is 2.96. The summed E-state index contributed by atoms with van der Waals surface area (Å²) in [5.41, 5.74) is 1.21. The molecular weight excluding hydrogens is 282 g/mol. The Kier molecular flexibility index (Phi) is 4.55. The molecule has 0 aliphatic carbocycles. The van der Waals surface area contributed by atoms with E-state index < -0.39 is 0 Å². The fourth-order valence-electron chi connectivity index (χ4n) is 1.65. The van der Waals surface area contributed by atoms with E-state index in [9.17, 15) is 4.79 Å². The molecule has 1 aliphatic rings. The van der Waals surface area contributed by atoms with Crippen LogP contribution < -0.4 is 9.47 Å². The van der Waals surface area contributed by atoms with Crippen LogP contribution in [0.25, 0.3) is 6.08 Å². The lowest BCUT2D eigenvalue weighted by Crippen LogP contribution is -1.94. The number of ether oxygens (including phenoxy) is 2. The molecule has 2 rings (SSSR count). The minimum atomic E-state index is -0.0470. The quantitative estimate of drug-likeness (QED) is 0.802. The summed E-state index contributed by atoms with van der Waals surface area (Å²) in [4.78, 5) is 16.1. The van der Waals surface area contributed by atoms with Crippen molar-refractivity contribution < 1.29 is 14.3 Å². The first kappa shape index (κ1) is 14.0. The summed E-state index contributed by atoms with van der Waals surface area (Å²) in [6.07, 6.45) is 3.62. The topological polar surface area (TPSA) is 47.9 Å². The SMILES string of the molecule is COc1cccc(/C=C2/N=C(SC)SC2=O)c1OC. The standard InChI is InChI=1S/C13H13NO3S2/c1-16-10-6-4-5-8(11(10)17-2)7-9-12(15)19-13(14-9)18-3/h4-7H,1-3H3/b9-7+. The lowest BCUT2D eigenvalue weighted by Gasteiger charge is -2.09. The molecule has 0 saturated carbocycles. The van der Waals surface area contributed by atoms with E-state index in [0.29, 0.717) is 17.2 Å². The molecule has 6 heteroatoms. The molecule has 0 radical (unpaired) electrons. The molecule has 0 spiro atoms. The Balaban J connectivity index is 2.43. The number of aliphatic imine (C=N–C) groups is 1. The molecule has 19 heavy (non-hydrogen) atoms. The van der Waals surface area contributed by atoms with Gasteiger partial charge in [0.05, 0.1) is 14.2 Å². The molecule has 1 aliphatic heterocycles. The number of nitrogens with zero attached hydrogens (tertiary/aromatic N) is 1. The highest BCUT2D eigenvalue weighted by Crippen LogP contribution is 2.35. The largest absolute Gasteiger partial charge is 0.493 e. The monoisotopic (exact) mass is 295 g/mol. The van der Waals surface area contributed by atoms with Crippen molar-refractivity contribution in [3.05, 3.63) is 29.5 Å². The van der Waals surface area contributed by atoms with Crippen LogP contribution in [0.3, 0.4) is 0 Å². The van der Waals surface area contributed by atoms with Crippen molar-refractivity contribution in [1.82, 2.24) is 0 Å². The number of hydrogen-bond donors (Lipinski definition) is 0. The van der Waals surface area contributed by atoms with Crippen LogP contribution in [0.15, 0.2) is 28.9 Å². The average Bonchev–Trinajstić information content (AvgIpc) is 2.79. The van der Waals surface area contributed by atoms with E-state index in [1.54, 1.807) is 20.3 Å². The molecular formula is C13H13NO3S2. The van der Waals surface area contributed by atoms with E-state index in [1.807, 2.05) is 24.5 Å². The molecule has 1 heterocycles. The number of hydrogen-bond acceptors (Lipinski definition) is 6. The number of para-hydroxylation sites is 1. The van der Waals surface area contributed by atoms with Gasteiger partial charge < -0.3 is 9.47 Å². The van der Waals surface area contributed by atoms with Crippen LogP contribution in [-0.4, -0.2) is 30.0 Å². The summed E-state index contributed by atoms with van der Waals surface area (Å²) in [6.45, 7) is 0. The Morgan fingerprint density at radius 1 is 1.32 bits per heavy atom. The van der Waals surface area contributed by atoms with Crippen molar-refractivity contribution in [3.8, 4) is 11.5 Å². The predicted octanol–water partition coefficient (Wildman–Crippen LogP) is 3.04. The molecule has 1 aromatic rings. The van der Waals surface area contributed by atoms with Crippen LogP contribution in [0.5, 0.6) is 11.5 Å². The third-order valence-corrected chi connectivity index (χ3v) is 4.35. The van der Waals surface area contributed by atoms with Gasteiger partial charge >= 0.3 is 0 Å².